The maximum absolute atomic E-state index is 11.4. The van der Waals surface area contributed by atoms with E-state index in [2.05, 4.69) is 0 Å². The van der Waals surface area contributed by atoms with Crippen LogP contribution in [0.15, 0.2) is 17.5 Å². The van der Waals surface area contributed by atoms with E-state index in [9.17, 15) is 4.79 Å². The number of hydroxylamine groups is 2. The van der Waals surface area contributed by atoms with Gasteiger partial charge in [-0.25, -0.2) is 5.06 Å². The quantitative estimate of drug-likeness (QED) is 0.591. The molecule has 78 valence electrons. The summed E-state index contributed by atoms with van der Waals surface area (Å²) in [5, 5.41) is 3.25. The third-order valence-corrected chi connectivity index (χ3v) is 3.13. The molecular weight excluding hydrogens is 222 g/mol. The monoisotopic (exact) mass is 233 g/mol. The maximum atomic E-state index is 11.4. The van der Waals surface area contributed by atoms with Crippen LogP contribution in [-0.4, -0.2) is 24.0 Å². The Hall–Kier alpha value is -0.580. The van der Waals surface area contributed by atoms with Gasteiger partial charge in [-0.05, 0) is 18.4 Å². The minimum absolute atomic E-state index is 0.0659. The molecule has 1 aromatic rings. The first-order valence-corrected chi connectivity index (χ1v) is 5.57. The van der Waals surface area contributed by atoms with Crippen LogP contribution in [0, 0.1) is 0 Å². The van der Waals surface area contributed by atoms with Crippen molar-refractivity contribution in [1.82, 2.24) is 5.06 Å². The molecule has 0 spiro atoms. The van der Waals surface area contributed by atoms with Crippen LogP contribution >= 0.6 is 22.9 Å². The molecule has 1 amide bonds. The lowest BCUT2D eigenvalue weighted by atomic mass is 10.2. The fourth-order valence-corrected chi connectivity index (χ4v) is 2.06. The number of halogens is 1. The Labute approximate surface area is 92.2 Å². The van der Waals surface area contributed by atoms with Gasteiger partial charge in [0.15, 0.2) is 0 Å². The van der Waals surface area contributed by atoms with E-state index in [0.717, 1.165) is 4.88 Å². The summed E-state index contributed by atoms with van der Waals surface area (Å²) in [6.07, 6.45) is 0. The summed E-state index contributed by atoms with van der Waals surface area (Å²) in [4.78, 5) is 17.4. The summed E-state index contributed by atoms with van der Waals surface area (Å²) >= 11 is 7.05. The summed E-state index contributed by atoms with van der Waals surface area (Å²) in [6.45, 7) is 1.90. The largest absolute Gasteiger partial charge is 0.274 e. The van der Waals surface area contributed by atoms with E-state index >= 15 is 0 Å². The molecule has 1 aromatic heterocycles. The van der Waals surface area contributed by atoms with E-state index in [4.69, 9.17) is 16.4 Å². The molecular formula is C9H12ClNO2S. The Balaban J connectivity index is 2.75. The molecule has 0 aliphatic heterocycles. The van der Waals surface area contributed by atoms with Crippen LogP contribution in [-0.2, 0) is 9.63 Å². The summed E-state index contributed by atoms with van der Waals surface area (Å²) in [6, 6.07) is 3.81. The van der Waals surface area contributed by atoms with Crippen LogP contribution in [0.3, 0.4) is 0 Å². The van der Waals surface area contributed by atoms with Gasteiger partial charge < -0.3 is 0 Å². The van der Waals surface area contributed by atoms with Crippen LogP contribution in [0.4, 0.5) is 0 Å². The number of nitrogens with zero attached hydrogens (tertiary/aromatic N) is 1. The van der Waals surface area contributed by atoms with Crippen molar-refractivity contribution in [2.75, 3.05) is 13.0 Å². The summed E-state index contributed by atoms with van der Waals surface area (Å²) in [5.74, 6) is -0.293. The van der Waals surface area contributed by atoms with Gasteiger partial charge >= 0.3 is 0 Å². The second-order valence-corrected chi connectivity index (χ2v) is 3.97. The third kappa shape index (κ3) is 2.47. The average molecular weight is 234 g/mol. The zero-order valence-corrected chi connectivity index (χ0v) is 9.64. The van der Waals surface area contributed by atoms with Gasteiger partial charge in [0, 0.05) is 4.88 Å². The zero-order valence-electron chi connectivity index (χ0n) is 8.07. The number of thiophene rings is 1. The van der Waals surface area contributed by atoms with Gasteiger partial charge in [0.2, 0.25) is 0 Å². The summed E-state index contributed by atoms with van der Waals surface area (Å²) in [7, 11) is 1.47. The number of amides is 1. The van der Waals surface area contributed by atoms with E-state index in [0.29, 0.717) is 0 Å². The van der Waals surface area contributed by atoms with E-state index in [1.807, 2.05) is 24.4 Å². The Kier molecular flexibility index (Phi) is 4.38. The van der Waals surface area contributed by atoms with Crippen molar-refractivity contribution in [2.45, 2.75) is 13.0 Å². The normalized spacial score (nSPS) is 12.5. The first kappa shape index (κ1) is 11.5. The number of hydrogen-bond donors (Lipinski definition) is 0. The molecule has 0 aliphatic carbocycles. The fraction of sp³-hybridized carbons (Fsp3) is 0.444. The van der Waals surface area contributed by atoms with Gasteiger partial charge in [0.1, 0.15) is 5.88 Å². The molecule has 1 atom stereocenters. The zero-order chi connectivity index (χ0) is 10.6. The topological polar surface area (TPSA) is 29.5 Å². The van der Waals surface area contributed by atoms with Crippen molar-refractivity contribution in [2.24, 2.45) is 0 Å². The van der Waals surface area contributed by atoms with E-state index in [1.165, 1.54) is 12.2 Å². The molecule has 1 unspecified atom stereocenters. The van der Waals surface area contributed by atoms with Gasteiger partial charge in [-0.15, -0.1) is 22.9 Å². The van der Waals surface area contributed by atoms with Crippen molar-refractivity contribution in [3.05, 3.63) is 22.4 Å². The maximum Gasteiger partial charge on any atom is 0.261 e. The molecule has 3 nitrogen and oxygen atoms in total. The summed E-state index contributed by atoms with van der Waals surface area (Å²) in [5.41, 5.74) is 0. The van der Waals surface area contributed by atoms with Gasteiger partial charge in [0.05, 0.1) is 13.2 Å². The molecule has 1 rings (SSSR count). The average Bonchev–Trinajstić information content (AvgIpc) is 2.71. The number of hydrogen-bond acceptors (Lipinski definition) is 3. The van der Waals surface area contributed by atoms with E-state index in [1.54, 1.807) is 11.3 Å². The van der Waals surface area contributed by atoms with Crippen LogP contribution in [0.5, 0.6) is 0 Å². The highest BCUT2D eigenvalue weighted by Gasteiger charge is 2.21. The lowest BCUT2D eigenvalue weighted by Gasteiger charge is -2.24. The van der Waals surface area contributed by atoms with Crippen molar-refractivity contribution >= 4 is 28.8 Å². The highest BCUT2D eigenvalue weighted by atomic mass is 35.5. The van der Waals surface area contributed by atoms with Gasteiger partial charge in [-0.2, -0.15) is 0 Å². The third-order valence-electron chi connectivity index (χ3n) is 1.86. The number of alkyl halides is 1. The molecule has 0 bridgehead atoms. The van der Waals surface area contributed by atoms with Gasteiger partial charge in [-0.1, -0.05) is 6.07 Å². The lowest BCUT2D eigenvalue weighted by Crippen LogP contribution is -2.33. The predicted molar refractivity (Wildman–Crippen MR) is 57.3 cm³/mol. The van der Waals surface area contributed by atoms with Crippen LogP contribution in [0.2, 0.25) is 0 Å². The molecule has 5 heteroatoms. The smallest absolute Gasteiger partial charge is 0.261 e. The molecule has 0 N–H and O–H groups in total. The van der Waals surface area contributed by atoms with Crippen LogP contribution in [0.1, 0.15) is 17.8 Å². The minimum Gasteiger partial charge on any atom is -0.274 e. The van der Waals surface area contributed by atoms with Crippen LogP contribution < -0.4 is 0 Å². The second kappa shape index (κ2) is 5.34. The fourth-order valence-electron chi connectivity index (χ4n) is 1.18. The van der Waals surface area contributed by atoms with Crippen molar-refractivity contribution < 1.29 is 9.63 Å². The van der Waals surface area contributed by atoms with Crippen molar-refractivity contribution in [3.8, 4) is 0 Å². The summed E-state index contributed by atoms with van der Waals surface area (Å²) < 4.78 is 0. The predicted octanol–water partition coefficient (Wildman–Crippen LogP) is 2.44. The number of rotatable bonds is 4. The molecule has 0 saturated heterocycles. The number of carbonyl (C=O) groups excluding carboxylic acids is 1. The molecule has 0 aromatic carbocycles. The Morgan fingerprint density at radius 1 is 1.79 bits per heavy atom. The first-order chi connectivity index (χ1) is 6.70. The molecule has 0 aliphatic rings. The van der Waals surface area contributed by atoms with Crippen molar-refractivity contribution in [3.63, 3.8) is 0 Å². The Bertz CT molecular complexity index is 289. The molecule has 0 radical (unpaired) electrons. The molecule has 1 heterocycles. The van der Waals surface area contributed by atoms with E-state index < -0.39 is 0 Å². The number of carbonyl (C=O) groups is 1. The molecule has 0 fully saturated rings. The standard InChI is InChI=1S/C9H12ClNO2S/c1-7(8-4-3-5-14-8)11(13-2)9(12)6-10/h3-5,7H,6H2,1-2H3. The Morgan fingerprint density at radius 3 is 2.93 bits per heavy atom. The first-order valence-electron chi connectivity index (χ1n) is 4.16. The highest BCUT2D eigenvalue weighted by Crippen LogP contribution is 2.24. The second-order valence-electron chi connectivity index (χ2n) is 2.73. The van der Waals surface area contributed by atoms with Crippen molar-refractivity contribution in [1.29, 1.82) is 0 Å². The molecule has 0 saturated carbocycles. The lowest BCUT2D eigenvalue weighted by molar-refractivity contribution is -0.184. The minimum atomic E-state index is -0.227. The van der Waals surface area contributed by atoms with E-state index in [-0.39, 0.29) is 17.8 Å². The SMILES string of the molecule is CON(C(=O)CCl)C(C)c1cccs1. The Morgan fingerprint density at radius 2 is 2.50 bits per heavy atom. The molecule has 14 heavy (non-hydrogen) atoms. The van der Waals surface area contributed by atoms with Gasteiger partial charge in [-0.3, -0.25) is 9.63 Å². The van der Waals surface area contributed by atoms with Crippen LogP contribution in [0.25, 0.3) is 0 Å². The highest BCUT2D eigenvalue weighted by molar-refractivity contribution is 7.10. The van der Waals surface area contributed by atoms with Gasteiger partial charge in [0.25, 0.3) is 5.91 Å².